The fourth-order valence-electron chi connectivity index (χ4n) is 3.25. The van der Waals surface area contributed by atoms with Crippen LogP contribution in [0, 0.1) is 6.92 Å². The van der Waals surface area contributed by atoms with E-state index in [0.717, 1.165) is 37.6 Å². The Morgan fingerprint density at radius 3 is 2.45 bits per heavy atom. The maximum absolute atomic E-state index is 12.3. The predicted molar refractivity (Wildman–Crippen MR) is 109 cm³/mol. The molecule has 1 amide bonds. The second-order valence-electron chi connectivity index (χ2n) is 6.69. The lowest BCUT2D eigenvalue weighted by molar-refractivity contribution is 0.102. The number of amides is 1. The summed E-state index contributed by atoms with van der Waals surface area (Å²) in [5.41, 5.74) is 1.45. The maximum atomic E-state index is 12.3. The minimum atomic E-state index is -0.328. The molecule has 0 radical (unpaired) electrons. The first-order valence-electron chi connectivity index (χ1n) is 9.33. The van der Waals surface area contributed by atoms with E-state index in [1.807, 2.05) is 18.2 Å². The monoisotopic (exact) mass is 394 g/mol. The number of para-hydroxylation sites is 2. The molecule has 1 N–H and O–H groups in total. The van der Waals surface area contributed by atoms with E-state index >= 15 is 0 Å². The molecular weight excluding hydrogens is 372 g/mol. The lowest BCUT2D eigenvalue weighted by Crippen LogP contribution is -2.47. The highest BCUT2D eigenvalue weighted by Gasteiger charge is 2.21. The van der Waals surface area contributed by atoms with Crippen LogP contribution in [0.4, 0.5) is 17.5 Å². The number of aryl methyl sites for hydroxylation is 1. The van der Waals surface area contributed by atoms with Gasteiger partial charge in [0.15, 0.2) is 5.82 Å². The highest BCUT2D eigenvalue weighted by molar-refractivity contribution is 6.03. The zero-order valence-corrected chi connectivity index (χ0v) is 16.3. The third kappa shape index (κ3) is 4.13. The van der Waals surface area contributed by atoms with E-state index in [0.29, 0.717) is 23.1 Å². The van der Waals surface area contributed by atoms with E-state index in [4.69, 9.17) is 9.26 Å². The van der Waals surface area contributed by atoms with Gasteiger partial charge < -0.3 is 24.4 Å². The Balaban J connectivity index is 1.37. The molecule has 150 valence electrons. The molecule has 3 aromatic rings. The molecule has 9 heteroatoms. The van der Waals surface area contributed by atoms with Gasteiger partial charge in [0.1, 0.15) is 11.5 Å². The highest BCUT2D eigenvalue weighted by atomic mass is 16.5. The molecule has 2 aromatic heterocycles. The zero-order chi connectivity index (χ0) is 20.2. The highest BCUT2D eigenvalue weighted by Crippen LogP contribution is 2.28. The number of rotatable bonds is 5. The van der Waals surface area contributed by atoms with Gasteiger partial charge in [0.05, 0.1) is 18.4 Å². The summed E-state index contributed by atoms with van der Waals surface area (Å²) in [7, 11) is 1.68. The van der Waals surface area contributed by atoms with Crippen molar-refractivity contribution in [2.75, 3.05) is 48.4 Å². The molecule has 0 spiro atoms. The number of hydrogen-bond donors (Lipinski definition) is 1. The Kier molecular flexibility index (Phi) is 5.28. The molecule has 1 aliphatic heterocycles. The smallest absolute Gasteiger partial charge is 0.260 e. The largest absolute Gasteiger partial charge is 0.495 e. The van der Waals surface area contributed by atoms with E-state index in [1.165, 1.54) is 12.4 Å². The van der Waals surface area contributed by atoms with Crippen LogP contribution < -0.4 is 19.9 Å². The Labute approximate surface area is 168 Å². The topological polar surface area (TPSA) is 96.6 Å². The number of anilines is 3. The number of aromatic nitrogens is 3. The van der Waals surface area contributed by atoms with Gasteiger partial charge in [-0.3, -0.25) is 4.79 Å². The van der Waals surface area contributed by atoms with Crippen molar-refractivity contribution in [1.29, 1.82) is 0 Å². The first kappa shape index (κ1) is 18.7. The van der Waals surface area contributed by atoms with Gasteiger partial charge in [-0.05, 0) is 19.1 Å². The third-order valence-corrected chi connectivity index (χ3v) is 4.76. The first-order valence-corrected chi connectivity index (χ1v) is 9.33. The van der Waals surface area contributed by atoms with E-state index in [1.54, 1.807) is 20.1 Å². The van der Waals surface area contributed by atoms with Crippen molar-refractivity contribution in [1.82, 2.24) is 15.1 Å². The van der Waals surface area contributed by atoms with Crippen LogP contribution in [0.3, 0.4) is 0 Å². The van der Waals surface area contributed by atoms with Crippen molar-refractivity contribution >= 4 is 23.4 Å². The summed E-state index contributed by atoms with van der Waals surface area (Å²) in [5.74, 6) is 2.14. The van der Waals surface area contributed by atoms with E-state index < -0.39 is 0 Å². The second kappa shape index (κ2) is 8.17. The van der Waals surface area contributed by atoms with Gasteiger partial charge in [-0.2, -0.15) is 0 Å². The van der Waals surface area contributed by atoms with Crippen molar-refractivity contribution in [3.05, 3.63) is 54.0 Å². The van der Waals surface area contributed by atoms with Gasteiger partial charge in [-0.15, -0.1) is 0 Å². The van der Waals surface area contributed by atoms with Gasteiger partial charge >= 0.3 is 0 Å². The standard InChI is InChI=1S/C20H22N6O3/c1-14-11-18(24-29-14)23-19(27)15-12-21-20(22-13-15)26-9-7-25(8-10-26)16-5-3-4-6-17(16)28-2/h3-6,11-13H,7-10H2,1-2H3,(H,23,24,27). The maximum Gasteiger partial charge on any atom is 0.260 e. The summed E-state index contributed by atoms with van der Waals surface area (Å²) >= 11 is 0. The molecule has 29 heavy (non-hydrogen) atoms. The second-order valence-corrected chi connectivity index (χ2v) is 6.69. The van der Waals surface area contributed by atoms with Crippen molar-refractivity contribution < 1.29 is 14.1 Å². The summed E-state index contributed by atoms with van der Waals surface area (Å²) in [6.07, 6.45) is 3.05. The average molecular weight is 394 g/mol. The van der Waals surface area contributed by atoms with Crippen LogP contribution in [-0.2, 0) is 0 Å². The minimum absolute atomic E-state index is 0.328. The molecule has 1 fully saturated rings. The van der Waals surface area contributed by atoms with Crippen molar-refractivity contribution in [3.8, 4) is 5.75 Å². The van der Waals surface area contributed by atoms with Crippen LogP contribution in [0.1, 0.15) is 16.1 Å². The number of ether oxygens (including phenoxy) is 1. The van der Waals surface area contributed by atoms with Crippen LogP contribution in [-0.4, -0.2) is 54.3 Å². The first-order chi connectivity index (χ1) is 14.1. The van der Waals surface area contributed by atoms with Crippen molar-refractivity contribution in [3.63, 3.8) is 0 Å². The van der Waals surface area contributed by atoms with Crippen LogP contribution in [0.15, 0.2) is 47.2 Å². The lowest BCUT2D eigenvalue weighted by Gasteiger charge is -2.36. The summed E-state index contributed by atoms with van der Waals surface area (Å²) in [6, 6.07) is 9.66. The van der Waals surface area contributed by atoms with Crippen LogP contribution in [0.5, 0.6) is 5.75 Å². The van der Waals surface area contributed by atoms with Gasteiger partial charge in [0, 0.05) is 44.6 Å². The van der Waals surface area contributed by atoms with Gasteiger partial charge in [-0.1, -0.05) is 17.3 Å². The number of carbonyl (C=O) groups is 1. The summed E-state index contributed by atoms with van der Waals surface area (Å²) < 4.78 is 10.4. The third-order valence-electron chi connectivity index (χ3n) is 4.76. The van der Waals surface area contributed by atoms with E-state index in [9.17, 15) is 4.79 Å². The molecule has 0 saturated carbocycles. The fourth-order valence-corrected chi connectivity index (χ4v) is 3.25. The molecule has 9 nitrogen and oxygen atoms in total. The van der Waals surface area contributed by atoms with Crippen molar-refractivity contribution in [2.45, 2.75) is 6.92 Å². The molecule has 0 aliphatic carbocycles. The van der Waals surface area contributed by atoms with Gasteiger partial charge in [0.25, 0.3) is 5.91 Å². The number of nitrogens with zero attached hydrogens (tertiary/aromatic N) is 5. The molecule has 1 aliphatic rings. The Bertz CT molecular complexity index is 980. The molecule has 0 bridgehead atoms. The number of piperazine rings is 1. The number of methoxy groups -OCH3 is 1. The molecular formula is C20H22N6O3. The number of nitrogens with one attached hydrogen (secondary N) is 1. The average Bonchev–Trinajstić information content (AvgIpc) is 3.18. The fraction of sp³-hybridized carbons (Fsp3) is 0.300. The van der Waals surface area contributed by atoms with Crippen LogP contribution in [0.25, 0.3) is 0 Å². The Hall–Kier alpha value is -3.62. The molecule has 1 saturated heterocycles. The zero-order valence-electron chi connectivity index (χ0n) is 16.3. The molecule has 0 unspecified atom stereocenters. The van der Waals surface area contributed by atoms with Crippen LogP contribution >= 0.6 is 0 Å². The van der Waals surface area contributed by atoms with Crippen molar-refractivity contribution in [2.24, 2.45) is 0 Å². The number of hydrogen-bond acceptors (Lipinski definition) is 8. The lowest BCUT2D eigenvalue weighted by atomic mass is 10.2. The summed E-state index contributed by atoms with van der Waals surface area (Å²) in [4.78, 5) is 25.4. The minimum Gasteiger partial charge on any atom is -0.495 e. The normalized spacial score (nSPS) is 14.0. The van der Waals surface area contributed by atoms with Crippen LogP contribution in [0.2, 0.25) is 0 Å². The molecule has 1 aromatic carbocycles. The van der Waals surface area contributed by atoms with E-state index in [-0.39, 0.29) is 5.91 Å². The number of benzene rings is 1. The molecule has 4 rings (SSSR count). The van der Waals surface area contributed by atoms with E-state index in [2.05, 4.69) is 36.3 Å². The van der Waals surface area contributed by atoms with Gasteiger partial charge in [0.2, 0.25) is 5.95 Å². The van der Waals surface area contributed by atoms with Gasteiger partial charge in [-0.25, -0.2) is 9.97 Å². The SMILES string of the molecule is COc1ccccc1N1CCN(c2ncc(C(=O)Nc3cc(C)on3)cn2)CC1. The summed E-state index contributed by atoms with van der Waals surface area (Å²) in [5, 5.41) is 6.40. The Morgan fingerprint density at radius 2 is 1.79 bits per heavy atom. The Morgan fingerprint density at radius 1 is 1.10 bits per heavy atom. The number of carbonyl (C=O) groups excluding carboxylic acids is 1. The molecule has 0 atom stereocenters. The predicted octanol–water partition coefficient (Wildman–Crippen LogP) is 2.36. The summed E-state index contributed by atoms with van der Waals surface area (Å²) in [6.45, 7) is 4.98. The molecule has 3 heterocycles. The quantitative estimate of drug-likeness (QED) is 0.704.